The summed E-state index contributed by atoms with van der Waals surface area (Å²) in [5.74, 6) is -0.359. The predicted octanol–water partition coefficient (Wildman–Crippen LogP) is 1.79. The van der Waals surface area contributed by atoms with E-state index >= 15 is 0 Å². The SMILES string of the molecule is CCn1ncc(N)c1C(=O)Nc1cccnc1Cl. The average Bonchev–Trinajstić information content (AvgIpc) is 2.73. The molecular weight excluding hydrogens is 254 g/mol. The number of nitrogens with zero attached hydrogens (tertiary/aromatic N) is 3. The van der Waals surface area contributed by atoms with Crippen molar-refractivity contribution in [3.05, 3.63) is 35.4 Å². The van der Waals surface area contributed by atoms with Crippen molar-refractivity contribution in [1.29, 1.82) is 0 Å². The first kappa shape index (κ1) is 12.4. The normalized spacial score (nSPS) is 10.3. The second-order valence-electron chi connectivity index (χ2n) is 3.56. The van der Waals surface area contributed by atoms with Gasteiger partial charge >= 0.3 is 0 Å². The van der Waals surface area contributed by atoms with Crippen LogP contribution >= 0.6 is 11.6 Å². The number of aryl methyl sites for hydroxylation is 1. The van der Waals surface area contributed by atoms with Crippen LogP contribution in [0.4, 0.5) is 11.4 Å². The second kappa shape index (κ2) is 5.05. The van der Waals surface area contributed by atoms with Crippen molar-refractivity contribution in [1.82, 2.24) is 14.8 Å². The predicted molar refractivity (Wildman–Crippen MR) is 69.5 cm³/mol. The highest BCUT2D eigenvalue weighted by Crippen LogP contribution is 2.20. The Morgan fingerprint density at radius 2 is 2.39 bits per heavy atom. The van der Waals surface area contributed by atoms with Gasteiger partial charge in [0.1, 0.15) is 5.69 Å². The van der Waals surface area contributed by atoms with E-state index in [-0.39, 0.29) is 11.1 Å². The number of amides is 1. The van der Waals surface area contributed by atoms with Crippen molar-refractivity contribution >= 4 is 28.9 Å². The molecule has 18 heavy (non-hydrogen) atoms. The minimum atomic E-state index is -0.359. The lowest BCUT2D eigenvalue weighted by Crippen LogP contribution is -2.19. The van der Waals surface area contributed by atoms with Gasteiger partial charge in [-0.05, 0) is 19.1 Å². The summed E-state index contributed by atoms with van der Waals surface area (Å²) >= 11 is 5.86. The lowest BCUT2D eigenvalue weighted by Gasteiger charge is -2.08. The molecule has 0 spiro atoms. The number of aromatic nitrogens is 3. The lowest BCUT2D eigenvalue weighted by atomic mass is 10.3. The van der Waals surface area contributed by atoms with Crippen molar-refractivity contribution in [2.45, 2.75) is 13.5 Å². The molecular formula is C11H12ClN5O. The summed E-state index contributed by atoms with van der Waals surface area (Å²) in [5, 5.41) is 6.88. The number of carbonyl (C=O) groups excluding carboxylic acids is 1. The number of hydrogen-bond donors (Lipinski definition) is 2. The molecule has 2 aromatic rings. The molecule has 7 heteroatoms. The minimum absolute atomic E-state index is 0.229. The number of nitrogen functional groups attached to an aromatic ring is 1. The van der Waals surface area contributed by atoms with Gasteiger partial charge in [-0.1, -0.05) is 11.6 Å². The first-order valence-electron chi connectivity index (χ1n) is 5.36. The molecule has 0 bridgehead atoms. The van der Waals surface area contributed by atoms with E-state index in [0.29, 0.717) is 23.6 Å². The first-order valence-corrected chi connectivity index (χ1v) is 5.74. The third-order valence-corrected chi connectivity index (χ3v) is 2.69. The van der Waals surface area contributed by atoms with Gasteiger partial charge < -0.3 is 11.1 Å². The standard InChI is InChI=1S/C11H12ClN5O/c1-2-17-9(7(13)6-15-17)11(18)16-8-4-3-5-14-10(8)12/h3-6H,2,13H2,1H3,(H,16,18). The smallest absolute Gasteiger partial charge is 0.276 e. The molecule has 0 unspecified atom stereocenters. The van der Waals surface area contributed by atoms with Crippen LogP contribution in [0, 0.1) is 0 Å². The van der Waals surface area contributed by atoms with Gasteiger partial charge in [0.25, 0.3) is 5.91 Å². The van der Waals surface area contributed by atoms with E-state index < -0.39 is 0 Å². The number of anilines is 2. The molecule has 0 aliphatic heterocycles. The number of nitrogens with two attached hydrogens (primary N) is 1. The van der Waals surface area contributed by atoms with Gasteiger partial charge in [0.2, 0.25) is 0 Å². The molecule has 1 amide bonds. The van der Waals surface area contributed by atoms with Crippen molar-refractivity contribution in [3.63, 3.8) is 0 Å². The van der Waals surface area contributed by atoms with Gasteiger partial charge in [0, 0.05) is 12.7 Å². The summed E-state index contributed by atoms with van der Waals surface area (Å²) < 4.78 is 1.52. The molecule has 2 aromatic heterocycles. The number of nitrogens with one attached hydrogen (secondary N) is 1. The summed E-state index contributed by atoms with van der Waals surface area (Å²) in [5.41, 5.74) is 6.80. The fourth-order valence-electron chi connectivity index (χ4n) is 1.55. The Labute approximate surface area is 109 Å². The van der Waals surface area contributed by atoms with E-state index in [9.17, 15) is 4.79 Å². The van der Waals surface area contributed by atoms with Gasteiger partial charge in [0.15, 0.2) is 5.15 Å². The maximum atomic E-state index is 12.1. The van der Waals surface area contributed by atoms with Crippen molar-refractivity contribution in [2.24, 2.45) is 0 Å². The van der Waals surface area contributed by atoms with Crippen LogP contribution in [0.3, 0.4) is 0 Å². The zero-order chi connectivity index (χ0) is 13.1. The molecule has 94 valence electrons. The molecule has 0 saturated heterocycles. The van der Waals surface area contributed by atoms with E-state index in [2.05, 4.69) is 15.4 Å². The molecule has 3 N–H and O–H groups in total. The summed E-state index contributed by atoms with van der Waals surface area (Å²) in [7, 11) is 0. The minimum Gasteiger partial charge on any atom is -0.396 e. The summed E-state index contributed by atoms with van der Waals surface area (Å²) in [6, 6.07) is 3.35. The summed E-state index contributed by atoms with van der Waals surface area (Å²) in [6.45, 7) is 2.43. The average molecular weight is 266 g/mol. The van der Waals surface area contributed by atoms with E-state index in [1.165, 1.54) is 10.9 Å². The highest BCUT2D eigenvalue weighted by Gasteiger charge is 2.17. The van der Waals surface area contributed by atoms with Gasteiger partial charge in [-0.3, -0.25) is 9.48 Å². The van der Waals surface area contributed by atoms with Gasteiger partial charge in [0.05, 0.1) is 17.6 Å². The molecule has 0 aliphatic rings. The Hall–Kier alpha value is -2.08. The van der Waals surface area contributed by atoms with Crippen LogP contribution in [0.15, 0.2) is 24.5 Å². The Balaban J connectivity index is 2.28. The molecule has 0 fully saturated rings. The van der Waals surface area contributed by atoms with Gasteiger partial charge in [-0.25, -0.2) is 4.98 Å². The quantitative estimate of drug-likeness (QED) is 0.829. The fourth-order valence-corrected chi connectivity index (χ4v) is 1.72. The third-order valence-electron chi connectivity index (χ3n) is 2.39. The fraction of sp³-hybridized carbons (Fsp3) is 0.182. The molecule has 0 aromatic carbocycles. The third kappa shape index (κ3) is 2.28. The molecule has 0 radical (unpaired) electrons. The Kier molecular flexibility index (Phi) is 3.47. The lowest BCUT2D eigenvalue weighted by molar-refractivity contribution is 0.101. The largest absolute Gasteiger partial charge is 0.396 e. The van der Waals surface area contributed by atoms with Crippen molar-refractivity contribution < 1.29 is 4.79 Å². The number of hydrogen-bond acceptors (Lipinski definition) is 4. The number of pyridine rings is 1. The van der Waals surface area contributed by atoms with Gasteiger partial charge in [-0.15, -0.1) is 0 Å². The zero-order valence-electron chi connectivity index (χ0n) is 9.72. The van der Waals surface area contributed by atoms with Crippen LogP contribution in [0.25, 0.3) is 0 Å². The van der Waals surface area contributed by atoms with Crippen LogP contribution in [0.5, 0.6) is 0 Å². The summed E-state index contributed by atoms with van der Waals surface area (Å²) in [6.07, 6.45) is 2.99. The van der Waals surface area contributed by atoms with E-state index in [4.69, 9.17) is 17.3 Å². The highest BCUT2D eigenvalue weighted by molar-refractivity contribution is 6.32. The monoisotopic (exact) mass is 265 g/mol. The maximum Gasteiger partial charge on any atom is 0.276 e. The van der Waals surface area contributed by atoms with Crippen LogP contribution in [-0.2, 0) is 6.54 Å². The molecule has 0 aliphatic carbocycles. The number of rotatable bonds is 3. The number of halogens is 1. The Morgan fingerprint density at radius 1 is 1.61 bits per heavy atom. The van der Waals surface area contributed by atoms with E-state index in [0.717, 1.165) is 0 Å². The second-order valence-corrected chi connectivity index (χ2v) is 3.92. The molecule has 2 heterocycles. The van der Waals surface area contributed by atoms with E-state index in [1.54, 1.807) is 18.3 Å². The van der Waals surface area contributed by atoms with Crippen LogP contribution in [0.1, 0.15) is 17.4 Å². The van der Waals surface area contributed by atoms with Crippen LogP contribution < -0.4 is 11.1 Å². The molecule has 0 atom stereocenters. The Bertz CT molecular complexity index is 581. The molecule has 0 saturated carbocycles. The van der Waals surface area contributed by atoms with Gasteiger partial charge in [-0.2, -0.15) is 5.10 Å². The van der Waals surface area contributed by atoms with Crippen molar-refractivity contribution in [2.75, 3.05) is 11.1 Å². The van der Waals surface area contributed by atoms with Crippen LogP contribution in [-0.4, -0.2) is 20.7 Å². The number of carbonyl (C=O) groups is 1. The van der Waals surface area contributed by atoms with Crippen molar-refractivity contribution in [3.8, 4) is 0 Å². The zero-order valence-corrected chi connectivity index (χ0v) is 10.5. The topological polar surface area (TPSA) is 85.8 Å². The Morgan fingerprint density at radius 3 is 3.06 bits per heavy atom. The maximum absolute atomic E-state index is 12.1. The van der Waals surface area contributed by atoms with E-state index in [1.807, 2.05) is 6.92 Å². The highest BCUT2D eigenvalue weighted by atomic mass is 35.5. The van der Waals surface area contributed by atoms with Crippen LogP contribution in [0.2, 0.25) is 5.15 Å². The molecule has 2 rings (SSSR count). The summed E-state index contributed by atoms with van der Waals surface area (Å²) in [4.78, 5) is 16.0. The molecule has 6 nitrogen and oxygen atoms in total. The first-order chi connectivity index (χ1) is 8.63.